The molecule has 0 atom stereocenters. The maximum atomic E-state index is 12.0. The van der Waals surface area contributed by atoms with Crippen LogP contribution in [0.25, 0.3) is 5.69 Å². The fourth-order valence-electron chi connectivity index (χ4n) is 2.78. The molecule has 1 aliphatic heterocycles. The van der Waals surface area contributed by atoms with Crippen LogP contribution < -0.4 is 0 Å². The molecule has 0 saturated carbocycles. The van der Waals surface area contributed by atoms with Gasteiger partial charge in [-0.25, -0.2) is 9.48 Å². The molecule has 0 N–H and O–H groups in total. The van der Waals surface area contributed by atoms with Crippen molar-refractivity contribution in [2.24, 2.45) is 5.41 Å². The van der Waals surface area contributed by atoms with E-state index in [2.05, 4.69) is 29.4 Å². The molecule has 2 aromatic rings. The number of aromatic nitrogens is 3. The van der Waals surface area contributed by atoms with Gasteiger partial charge in [0.25, 0.3) is 0 Å². The summed E-state index contributed by atoms with van der Waals surface area (Å²) < 4.78 is 1.82. The van der Waals surface area contributed by atoms with Gasteiger partial charge in [0.15, 0.2) is 0 Å². The fourth-order valence-corrected chi connectivity index (χ4v) is 2.78. The molecular formula is C19H26N4O2. The predicted molar refractivity (Wildman–Crippen MR) is 95.2 cm³/mol. The monoisotopic (exact) mass is 342 g/mol. The van der Waals surface area contributed by atoms with Crippen LogP contribution in [0.15, 0.2) is 30.5 Å². The van der Waals surface area contributed by atoms with Crippen LogP contribution in [-0.4, -0.2) is 39.1 Å². The Morgan fingerprint density at radius 2 is 1.80 bits per heavy atom. The molecule has 0 radical (unpaired) electrons. The van der Waals surface area contributed by atoms with Gasteiger partial charge in [-0.15, -0.1) is 10.2 Å². The van der Waals surface area contributed by atoms with Crippen LogP contribution >= 0.6 is 0 Å². The average Bonchev–Trinajstić information content (AvgIpc) is 3.05. The van der Waals surface area contributed by atoms with Gasteiger partial charge in [-0.05, 0) is 52.7 Å². The first-order valence-electron chi connectivity index (χ1n) is 8.79. The van der Waals surface area contributed by atoms with Gasteiger partial charge in [-0.1, -0.05) is 22.9 Å². The Kier molecular flexibility index (Phi) is 4.90. The Balaban J connectivity index is 1.58. The number of benzene rings is 1. The van der Waals surface area contributed by atoms with E-state index in [0.717, 1.165) is 37.3 Å². The van der Waals surface area contributed by atoms with Crippen molar-refractivity contribution in [2.45, 2.75) is 46.5 Å². The zero-order valence-corrected chi connectivity index (χ0v) is 15.4. The number of aryl methyl sites for hydroxylation is 1. The van der Waals surface area contributed by atoms with E-state index in [1.807, 2.05) is 43.8 Å². The number of hydrogen-bond acceptors (Lipinski definition) is 5. The third-order valence-corrected chi connectivity index (χ3v) is 4.51. The molecule has 0 amide bonds. The molecule has 1 saturated heterocycles. The molecule has 3 rings (SSSR count). The SMILES string of the molecule is Cc1ccc(-n2cc(C3CCN(OC(=O)C(C)(C)C)CC3)nn2)cc1. The second-order valence-corrected chi connectivity index (χ2v) is 7.76. The minimum Gasteiger partial charge on any atom is -0.367 e. The highest BCUT2D eigenvalue weighted by atomic mass is 16.7. The minimum absolute atomic E-state index is 0.184. The molecule has 0 aliphatic carbocycles. The summed E-state index contributed by atoms with van der Waals surface area (Å²) in [6.07, 6.45) is 3.82. The molecule has 6 nitrogen and oxygen atoms in total. The average molecular weight is 342 g/mol. The van der Waals surface area contributed by atoms with Crippen molar-refractivity contribution in [1.29, 1.82) is 0 Å². The van der Waals surface area contributed by atoms with E-state index < -0.39 is 5.41 Å². The molecular weight excluding hydrogens is 316 g/mol. The first kappa shape index (κ1) is 17.6. The molecule has 1 fully saturated rings. The number of hydroxylamine groups is 2. The molecule has 1 aromatic carbocycles. The van der Waals surface area contributed by atoms with Crippen molar-refractivity contribution in [3.63, 3.8) is 0 Å². The van der Waals surface area contributed by atoms with Gasteiger partial charge in [0, 0.05) is 19.0 Å². The summed E-state index contributed by atoms with van der Waals surface area (Å²) >= 11 is 0. The highest BCUT2D eigenvalue weighted by Crippen LogP contribution is 2.28. The molecule has 1 aliphatic rings. The van der Waals surface area contributed by atoms with Gasteiger partial charge >= 0.3 is 5.97 Å². The summed E-state index contributed by atoms with van der Waals surface area (Å²) in [6, 6.07) is 8.22. The largest absolute Gasteiger partial charge is 0.367 e. The summed E-state index contributed by atoms with van der Waals surface area (Å²) in [7, 11) is 0. The first-order valence-corrected chi connectivity index (χ1v) is 8.79. The lowest BCUT2D eigenvalue weighted by atomic mass is 9.95. The molecule has 0 spiro atoms. The number of hydrogen-bond donors (Lipinski definition) is 0. The summed E-state index contributed by atoms with van der Waals surface area (Å²) in [5, 5.41) is 10.4. The Morgan fingerprint density at radius 3 is 2.40 bits per heavy atom. The van der Waals surface area contributed by atoms with Crippen molar-refractivity contribution in [3.05, 3.63) is 41.7 Å². The smallest absolute Gasteiger partial charge is 0.330 e. The zero-order valence-electron chi connectivity index (χ0n) is 15.4. The topological polar surface area (TPSA) is 60.2 Å². The first-order chi connectivity index (χ1) is 11.8. The van der Waals surface area contributed by atoms with Crippen LogP contribution in [0.3, 0.4) is 0 Å². The van der Waals surface area contributed by atoms with Crippen molar-refractivity contribution < 1.29 is 9.63 Å². The maximum absolute atomic E-state index is 12.0. The molecule has 2 heterocycles. The number of nitrogens with zero attached hydrogens (tertiary/aromatic N) is 4. The van der Waals surface area contributed by atoms with Gasteiger partial charge in [0.05, 0.1) is 23.0 Å². The van der Waals surface area contributed by atoms with Crippen LogP contribution in [0.5, 0.6) is 0 Å². The Hall–Kier alpha value is -2.21. The Labute approximate surface area is 148 Å². The third kappa shape index (κ3) is 4.25. The Morgan fingerprint density at radius 1 is 1.16 bits per heavy atom. The van der Waals surface area contributed by atoms with Crippen molar-refractivity contribution in [1.82, 2.24) is 20.1 Å². The molecule has 0 bridgehead atoms. The van der Waals surface area contributed by atoms with E-state index in [-0.39, 0.29) is 5.97 Å². The molecule has 0 unspecified atom stereocenters. The van der Waals surface area contributed by atoms with Crippen molar-refractivity contribution in [3.8, 4) is 5.69 Å². The number of rotatable bonds is 3. The van der Waals surface area contributed by atoms with Gasteiger partial charge in [-0.3, -0.25) is 0 Å². The number of carbonyl (C=O) groups is 1. The third-order valence-electron chi connectivity index (χ3n) is 4.51. The second-order valence-electron chi connectivity index (χ2n) is 7.76. The molecule has 6 heteroatoms. The van der Waals surface area contributed by atoms with Crippen LogP contribution in [0.2, 0.25) is 0 Å². The molecule has 25 heavy (non-hydrogen) atoms. The lowest BCUT2D eigenvalue weighted by Gasteiger charge is -2.31. The van der Waals surface area contributed by atoms with Crippen LogP contribution in [-0.2, 0) is 9.63 Å². The second kappa shape index (κ2) is 6.96. The van der Waals surface area contributed by atoms with Gasteiger partial charge in [0.1, 0.15) is 0 Å². The van der Waals surface area contributed by atoms with Gasteiger partial charge in [-0.2, -0.15) is 0 Å². The van der Waals surface area contributed by atoms with E-state index in [1.165, 1.54) is 5.56 Å². The van der Waals surface area contributed by atoms with Crippen molar-refractivity contribution in [2.75, 3.05) is 13.1 Å². The lowest BCUT2D eigenvalue weighted by Crippen LogP contribution is -2.38. The van der Waals surface area contributed by atoms with Crippen LogP contribution in [0.1, 0.15) is 50.8 Å². The summed E-state index contributed by atoms with van der Waals surface area (Å²) in [5.41, 5.74) is 2.76. The molecule has 1 aromatic heterocycles. The maximum Gasteiger partial charge on any atom is 0.330 e. The van der Waals surface area contributed by atoms with Gasteiger partial charge < -0.3 is 4.84 Å². The number of piperidine rings is 1. The van der Waals surface area contributed by atoms with E-state index in [1.54, 1.807) is 5.06 Å². The molecule has 134 valence electrons. The minimum atomic E-state index is -0.479. The normalized spacial score (nSPS) is 16.8. The summed E-state index contributed by atoms with van der Waals surface area (Å²) in [4.78, 5) is 17.5. The quantitative estimate of drug-likeness (QED) is 0.857. The number of carbonyl (C=O) groups excluding carboxylic acids is 1. The van der Waals surface area contributed by atoms with E-state index >= 15 is 0 Å². The summed E-state index contributed by atoms with van der Waals surface area (Å²) in [6.45, 7) is 9.12. The highest BCUT2D eigenvalue weighted by molar-refractivity contribution is 5.75. The highest BCUT2D eigenvalue weighted by Gasteiger charge is 2.29. The standard InChI is InChI=1S/C19H26N4O2/c1-14-5-7-16(8-6-14)23-13-17(20-21-23)15-9-11-22(12-10-15)25-18(24)19(2,3)4/h5-8,13,15H,9-12H2,1-4H3. The van der Waals surface area contributed by atoms with E-state index in [4.69, 9.17) is 4.84 Å². The van der Waals surface area contributed by atoms with Crippen molar-refractivity contribution >= 4 is 5.97 Å². The lowest BCUT2D eigenvalue weighted by molar-refractivity contribution is -0.204. The van der Waals surface area contributed by atoms with E-state index in [9.17, 15) is 4.79 Å². The van der Waals surface area contributed by atoms with Crippen LogP contribution in [0.4, 0.5) is 0 Å². The predicted octanol–water partition coefficient (Wildman–Crippen LogP) is 3.26. The van der Waals surface area contributed by atoms with E-state index in [0.29, 0.717) is 5.92 Å². The zero-order chi connectivity index (χ0) is 18.0. The summed E-state index contributed by atoms with van der Waals surface area (Å²) in [5.74, 6) is 0.167. The van der Waals surface area contributed by atoms with Gasteiger partial charge in [0.2, 0.25) is 0 Å². The van der Waals surface area contributed by atoms with Crippen LogP contribution in [0, 0.1) is 12.3 Å². The Bertz CT molecular complexity index is 723. The fraction of sp³-hybridized carbons (Fsp3) is 0.526.